The summed E-state index contributed by atoms with van der Waals surface area (Å²) in [5.41, 5.74) is 5.83. The highest BCUT2D eigenvalue weighted by Crippen LogP contribution is 2.49. The minimum Gasteiger partial charge on any atom is -0.385 e. The highest BCUT2D eigenvalue weighted by Gasteiger charge is 2.42. The Hall–Kier alpha value is -0.610. The van der Waals surface area contributed by atoms with Crippen molar-refractivity contribution in [3.05, 3.63) is 0 Å². The van der Waals surface area contributed by atoms with Crippen LogP contribution in [0.5, 0.6) is 0 Å². The highest BCUT2D eigenvalue weighted by molar-refractivity contribution is 5.81. The van der Waals surface area contributed by atoms with Gasteiger partial charge in [0, 0.05) is 19.8 Å². The summed E-state index contributed by atoms with van der Waals surface area (Å²) in [4.78, 5) is 11.9. The normalized spacial score (nSPS) is 33.4. The van der Waals surface area contributed by atoms with Crippen molar-refractivity contribution in [1.82, 2.24) is 5.32 Å². The predicted molar refractivity (Wildman–Crippen MR) is 71.0 cm³/mol. The fourth-order valence-corrected chi connectivity index (χ4v) is 3.72. The Kier molecular flexibility index (Phi) is 4.62. The van der Waals surface area contributed by atoms with Crippen molar-refractivity contribution >= 4 is 5.91 Å². The number of carbonyl (C=O) groups excluding carboxylic acids is 1. The average Bonchev–Trinajstić information content (AvgIpc) is 2.97. The van der Waals surface area contributed by atoms with Crippen molar-refractivity contribution in [2.24, 2.45) is 23.5 Å². The Morgan fingerprint density at radius 2 is 2.22 bits per heavy atom. The summed E-state index contributed by atoms with van der Waals surface area (Å²) in [7, 11) is 1.63. The smallest absolute Gasteiger partial charge is 0.237 e. The van der Waals surface area contributed by atoms with E-state index in [1.165, 1.54) is 25.7 Å². The lowest BCUT2D eigenvalue weighted by Gasteiger charge is -2.29. The molecule has 5 atom stereocenters. The van der Waals surface area contributed by atoms with Gasteiger partial charge in [-0.25, -0.2) is 0 Å². The van der Waals surface area contributed by atoms with Gasteiger partial charge in [-0.1, -0.05) is 6.42 Å². The van der Waals surface area contributed by atoms with Crippen molar-refractivity contribution in [2.75, 3.05) is 13.7 Å². The first-order valence-electron chi connectivity index (χ1n) is 7.16. The van der Waals surface area contributed by atoms with Gasteiger partial charge in [-0.3, -0.25) is 4.79 Å². The van der Waals surface area contributed by atoms with E-state index >= 15 is 0 Å². The SMILES string of the molecule is COCCC(N)C(=O)NC(C)C1CC2CCC1C2. The molecule has 0 aromatic heterocycles. The Morgan fingerprint density at radius 1 is 1.44 bits per heavy atom. The number of carbonyl (C=O) groups is 1. The van der Waals surface area contributed by atoms with Crippen molar-refractivity contribution in [1.29, 1.82) is 0 Å². The van der Waals surface area contributed by atoms with E-state index in [4.69, 9.17) is 10.5 Å². The third-order valence-corrected chi connectivity index (χ3v) is 4.77. The number of rotatable bonds is 6. The van der Waals surface area contributed by atoms with E-state index in [0.717, 1.165) is 11.8 Å². The van der Waals surface area contributed by atoms with Gasteiger partial charge in [0.25, 0.3) is 0 Å². The van der Waals surface area contributed by atoms with Gasteiger partial charge in [0.15, 0.2) is 0 Å². The Labute approximate surface area is 110 Å². The van der Waals surface area contributed by atoms with E-state index in [1.807, 2.05) is 0 Å². The number of methoxy groups -OCH3 is 1. The second-order valence-electron chi connectivity index (χ2n) is 6.02. The van der Waals surface area contributed by atoms with Crippen molar-refractivity contribution in [3.8, 4) is 0 Å². The maximum Gasteiger partial charge on any atom is 0.237 e. The lowest BCUT2D eigenvalue weighted by Crippen LogP contribution is -2.48. The molecule has 4 heteroatoms. The summed E-state index contributed by atoms with van der Waals surface area (Å²) in [6.07, 6.45) is 6.01. The first-order valence-corrected chi connectivity index (χ1v) is 7.16. The molecule has 0 aliphatic heterocycles. The van der Waals surface area contributed by atoms with Crippen molar-refractivity contribution < 1.29 is 9.53 Å². The minimum absolute atomic E-state index is 0.0256. The van der Waals surface area contributed by atoms with Crippen LogP contribution in [0, 0.1) is 17.8 Å². The molecule has 104 valence electrons. The topological polar surface area (TPSA) is 64.3 Å². The third kappa shape index (κ3) is 3.04. The molecule has 0 spiro atoms. The quantitative estimate of drug-likeness (QED) is 0.750. The van der Waals surface area contributed by atoms with Crippen LogP contribution >= 0.6 is 0 Å². The van der Waals surface area contributed by atoms with E-state index < -0.39 is 6.04 Å². The second-order valence-corrected chi connectivity index (χ2v) is 6.02. The molecule has 18 heavy (non-hydrogen) atoms. The van der Waals surface area contributed by atoms with Crippen LogP contribution in [-0.2, 0) is 9.53 Å². The van der Waals surface area contributed by atoms with Crippen molar-refractivity contribution in [2.45, 2.75) is 51.1 Å². The summed E-state index contributed by atoms with van der Waals surface area (Å²) in [6.45, 7) is 2.67. The molecule has 1 amide bonds. The van der Waals surface area contributed by atoms with E-state index in [0.29, 0.717) is 18.9 Å². The second kappa shape index (κ2) is 6.02. The molecule has 4 nitrogen and oxygen atoms in total. The molecule has 2 aliphatic carbocycles. The van der Waals surface area contributed by atoms with Crippen LogP contribution in [0.1, 0.15) is 39.0 Å². The molecule has 2 bridgehead atoms. The van der Waals surface area contributed by atoms with Gasteiger partial charge in [-0.15, -0.1) is 0 Å². The minimum atomic E-state index is -0.439. The van der Waals surface area contributed by atoms with Gasteiger partial charge in [0.2, 0.25) is 5.91 Å². The number of ether oxygens (including phenoxy) is 1. The fourth-order valence-electron chi connectivity index (χ4n) is 3.72. The van der Waals surface area contributed by atoms with Gasteiger partial charge in [-0.05, 0) is 50.4 Å². The number of nitrogens with one attached hydrogen (secondary N) is 1. The van der Waals surface area contributed by atoms with E-state index in [-0.39, 0.29) is 11.9 Å². The van der Waals surface area contributed by atoms with Crippen LogP contribution in [0.2, 0.25) is 0 Å². The molecule has 5 unspecified atom stereocenters. The summed E-state index contributed by atoms with van der Waals surface area (Å²) in [5, 5.41) is 3.10. The molecule has 2 aliphatic rings. The van der Waals surface area contributed by atoms with Crippen LogP contribution in [0.25, 0.3) is 0 Å². The van der Waals surface area contributed by atoms with Gasteiger partial charge >= 0.3 is 0 Å². The third-order valence-electron chi connectivity index (χ3n) is 4.77. The summed E-state index contributed by atoms with van der Waals surface area (Å²) < 4.78 is 4.95. The van der Waals surface area contributed by atoms with E-state index in [1.54, 1.807) is 7.11 Å². The van der Waals surface area contributed by atoms with Crippen molar-refractivity contribution in [3.63, 3.8) is 0 Å². The monoisotopic (exact) mass is 254 g/mol. The van der Waals surface area contributed by atoms with Gasteiger partial charge in [0.1, 0.15) is 0 Å². The summed E-state index contributed by atoms with van der Waals surface area (Å²) in [6, 6.07) is -0.174. The molecule has 3 N–H and O–H groups in total. The molecular weight excluding hydrogens is 228 g/mol. The largest absolute Gasteiger partial charge is 0.385 e. The first kappa shape index (κ1) is 13.8. The fraction of sp³-hybridized carbons (Fsp3) is 0.929. The number of nitrogens with two attached hydrogens (primary N) is 1. The van der Waals surface area contributed by atoms with E-state index in [9.17, 15) is 4.79 Å². The number of hydrogen-bond donors (Lipinski definition) is 2. The van der Waals surface area contributed by atoms with Gasteiger partial charge < -0.3 is 15.8 Å². The maximum absolute atomic E-state index is 11.9. The zero-order valence-electron chi connectivity index (χ0n) is 11.5. The number of fused-ring (bicyclic) bond motifs is 2. The molecule has 2 rings (SSSR count). The molecular formula is C14H26N2O2. The molecule has 2 saturated carbocycles. The molecule has 2 fully saturated rings. The molecule has 0 saturated heterocycles. The van der Waals surface area contributed by atoms with Gasteiger partial charge in [0.05, 0.1) is 6.04 Å². The molecule has 0 aromatic rings. The van der Waals surface area contributed by atoms with Crippen LogP contribution in [-0.4, -0.2) is 31.7 Å². The zero-order valence-corrected chi connectivity index (χ0v) is 11.5. The first-order chi connectivity index (χ1) is 8.61. The van der Waals surface area contributed by atoms with Crippen LogP contribution in [0.15, 0.2) is 0 Å². The zero-order chi connectivity index (χ0) is 13.1. The highest BCUT2D eigenvalue weighted by atomic mass is 16.5. The Balaban J connectivity index is 1.76. The maximum atomic E-state index is 11.9. The predicted octanol–water partition coefficient (Wildman–Crippen LogP) is 1.29. The lowest BCUT2D eigenvalue weighted by atomic mass is 9.84. The Bertz CT molecular complexity index is 296. The van der Waals surface area contributed by atoms with Gasteiger partial charge in [-0.2, -0.15) is 0 Å². The summed E-state index contributed by atoms with van der Waals surface area (Å²) in [5.74, 6) is 2.40. The molecule has 0 aromatic carbocycles. The van der Waals surface area contributed by atoms with Crippen LogP contribution < -0.4 is 11.1 Å². The Morgan fingerprint density at radius 3 is 2.78 bits per heavy atom. The standard InChI is InChI=1S/C14H26N2O2/c1-9(12-8-10-3-4-11(12)7-10)16-14(17)13(15)5-6-18-2/h9-13H,3-8,15H2,1-2H3,(H,16,17). The van der Waals surface area contributed by atoms with Crippen LogP contribution in [0.4, 0.5) is 0 Å². The summed E-state index contributed by atoms with van der Waals surface area (Å²) >= 11 is 0. The van der Waals surface area contributed by atoms with Crippen LogP contribution in [0.3, 0.4) is 0 Å². The molecule has 0 heterocycles. The molecule has 0 radical (unpaired) electrons. The number of amides is 1. The van der Waals surface area contributed by atoms with E-state index in [2.05, 4.69) is 12.2 Å². The average molecular weight is 254 g/mol. The lowest BCUT2D eigenvalue weighted by molar-refractivity contribution is -0.123. The number of hydrogen-bond acceptors (Lipinski definition) is 3.